The van der Waals surface area contributed by atoms with Crippen LogP contribution in [0.4, 0.5) is 5.69 Å². The van der Waals surface area contributed by atoms with Gasteiger partial charge in [-0.2, -0.15) is 0 Å². The Morgan fingerprint density at radius 2 is 1.73 bits per heavy atom. The molecule has 2 rings (SSSR count). The lowest BCUT2D eigenvalue weighted by Gasteiger charge is -2.29. The van der Waals surface area contributed by atoms with E-state index in [0.29, 0.717) is 10.8 Å². The molecule has 0 aromatic heterocycles. The first kappa shape index (κ1) is 19.9. The maximum Gasteiger partial charge on any atom is 0.327 e. The van der Waals surface area contributed by atoms with Crippen LogP contribution < -0.4 is 13.8 Å². The van der Waals surface area contributed by atoms with E-state index in [1.54, 1.807) is 0 Å². The van der Waals surface area contributed by atoms with Crippen LogP contribution in [0.25, 0.3) is 0 Å². The Bertz CT molecular complexity index is 898. The molecule has 0 fully saturated rings. The van der Waals surface area contributed by atoms with Gasteiger partial charge in [-0.25, -0.2) is 17.5 Å². The molecule has 1 N–H and O–H groups in total. The summed E-state index contributed by atoms with van der Waals surface area (Å²) in [6.45, 7) is 1.28. The molecular formula is C17H18ClNO6S. The zero-order valence-electron chi connectivity index (χ0n) is 14.3. The van der Waals surface area contributed by atoms with Crippen molar-refractivity contribution in [3.8, 4) is 11.5 Å². The first-order valence-corrected chi connectivity index (χ1v) is 9.29. The van der Waals surface area contributed by atoms with Crippen molar-refractivity contribution in [3.05, 3.63) is 47.5 Å². The molecule has 2 aromatic carbocycles. The zero-order valence-corrected chi connectivity index (χ0v) is 15.9. The Kier molecular flexibility index (Phi) is 5.99. The molecular weight excluding hydrogens is 382 g/mol. The minimum atomic E-state index is -4.19. The molecule has 0 spiro atoms. The van der Waals surface area contributed by atoms with E-state index in [2.05, 4.69) is 0 Å². The predicted molar refractivity (Wildman–Crippen MR) is 97.8 cm³/mol. The molecule has 0 saturated heterocycles. The third-order valence-corrected chi connectivity index (χ3v) is 5.85. The number of anilines is 1. The molecule has 0 heterocycles. The summed E-state index contributed by atoms with van der Waals surface area (Å²) in [5.41, 5.74) is 0.0816. The first-order valence-electron chi connectivity index (χ1n) is 7.47. The lowest BCUT2D eigenvalue weighted by Crippen LogP contribution is -2.43. The van der Waals surface area contributed by atoms with Gasteiger partial charge in [0.05, 0.1) is 24.8 Å². The summed E-state index contributed by atoms with van der Waals surface area (Å²) in [6.07, 6.45) is 0. The topological polar surface area (TPSA) is 93.1 Å². The summed E-state index contributed by atoms with van der Waals surface area (Å²) in [5, 5.41) is 9.80. The van der Waals surface area contributed by atoms with Gasteiger partial charge in [0.25, 0.3) is 10.0 Å². The molecule has 0 radical (unpaired) electrons. The van der Waals surface area contributed by atoms with E-state index >= 15 is 0 Å². The molecule has 7 nitrogen and oxygen atoms in total. The molecule has 0 saturated carbocycles. The molecule has 140 valence electrons. The number of nitrogens with zero attached hydrogens (tertiary/aromatic N) is 1. The van der Waals surface area contributed by atoms with Gasteiger partial charge in [-0.15, -0.1) is 0 Å². The SMILES string of the molecule is COc1ccc(N(C(C)C(=O)O)S(=O)(=O)c2ccc(Cl)cc2)c(OC)c1. The summed E-state index contributed by atoms with van der Waals surface area (Å²) in [7, 11) is -1.38. The van der Waals surface area contributed by atoms with Crippen molar-refractivity contribution in [2.75, 3.05) is 18.5 Å². The van der Waals surface area contributed by atoms with Gasteiger partial charge >= 0.3 is 5.97 Å². The third kappa shape index (κ3) is 3.86. The molecule has 1 atom stereocenters. The molecule has 2 aromatic rings. The quantitative estimate of drug-likeness (QED) is 0.769. The van der Waals surface area contributed by atoms with Gasteiger partial charge in [-0.1, -0.05) is 11.6 Å². The van der Waals surface area contributed by atoms with Crippen LogP contribution >= 0.6 is 11.6 Å². The van der Waals surface area contributed by atoms with E-state index < -0.39 is 22.0 Å². The number of hydrogen-bond donors (Lipinski definition) is 1. The first-order chi connectivity index (χ1) is 12.2. The van der Waals surface area contributed by atoms with Crippen LogP contribution in [-0.2, 0) is 14.8 Å². The lowest BCUT2D eigenvalue weighted by molar-refractivity contribution is -0.137. The van der Waals surface area contributed by atoms with Crippen LogP contribution in [0.2, 0.25) is 5.02 Å². The molecule has 0 aliphatic rings. The van der Waals surface area contributed by atoms with E-state index in [9.17, 15) is 18.3 Å². The number of benzene rings is 2. The highest BCUT2D eigenvalue weighted by Gasteiger charge is 2.35. The van der Waals surface area contributed by atoms with Gasteiger partial charge in [-0.05, 0) is 43.3 Å². The predicted octanol–water partition coefficient (Wildman–Crippen LogP) is 3.03. The fourth-order valence-corrected chi connectivity index (χ4v) is 4.08. The molecule has 0 bridgehead atoms. The molecule has 9 heteroatoms. The molecule has 0 aliphatic carbocycles. The fraction of sp³-hybridized carbons (Fsp3) is 0.235. The van der Waals surface area contributed by atoms with Crippen molar-refractivity contribution in [2.45, 2.75) is 17.9 Å². The van der Waals surface area contributed by atoms with Crippen LogP contribution in [-0.4, -0.2) is 39.8 Å². The number of methoxy groups -OCH3 is 2. The largest absolute Gasteiger partial charge is 0.497 e. The highest BCUT2D eigenvalue weighted by atomic mass is 35.5. The smallest absolute Gasteiger partial charge is 0.327 e. The van der Waals surface area contributed by atoms with Gasteiger partial charge in [-0.3, -0.25) is 0 Å². The Morgan fingerprint density at radius 3 is 2.23 bits per heavy atom. The monoisotopic (exact) mass is 399 g/mol. The van der Waals surface area contributed by atoms with Gasteiger partial charge in [0.2, 0.25) is 0 Å². The number of rotatable bonds is 7. The van der Waals surface area contributed by atoms with Crippen LogP contribution in [0, 0.1) is 0 Å². The fourth-order valence-electron chi connectivity index (χ4n) is 2.33. The number of carbonyl (C=O) groups is 1. The molecule has 26 heavy (non-hydrogen) atoms. The second-order valence-electron chi connectivity index (χ2n) is 5.31. The average Bonchev–Trinajstić information content (AvgIpc) is 2.62. The van der Waals surface area contributed by atoms with E-state index in [1.807, 2.05) is 0 Å². The second kappa shape index (κ2) is 7.84. The van der Waals surface area contributed by atoms with E-state index in [1.165, 1.54) is 63.6 Å². The normalized spacial score (nSPS) is 12.3. The van der Waals surface area contributed by atoms with Crippen molar-refractivity contribution in [3.63, 3.8) is 0 Å². The second-order valence-corrected chi connectivity index (χ2v) is 7.56. The minimum absolute atomic E-state index is 0.0816. The van der Waals surface area contributed by atoms with Crippen molar-refractivity contribution in [1.82, 2.24) is 0 Å². The maximum atomic E-state index is 13.1. The Labute approximate surface area is 156 Å². The maximum absolute atomic E-state index is 13.1. The summed E-state index contributed by atoms with van der Waals surface area (Å²) < 4.78 is 37.4. The number of carboxylic acid groups (broad SMARTS) is 1. The van der Waals surface area contributed by atoms with Crippen molar-refractivity contribution < 1.29 is 27.8 Å². The lowest BCUT2D eigenvalue weighted by atomic mass is 10.2. The van der Waals surface area contributed by atoms with E-state index in [4.69, 9.17) is 21.1 Å². The number of aliphatic carboxylic acids is 1. The van der Waals surface area contributed by atoms with Crippen molar-refractivity contribution in [2.24, 2.45) is 0 Å². The summed E-state index contributed by atoms with van der Waals surface area (Å²) >= 11 is 5.82. The summed E-state index contributed by atoms with van der Waals surface area (Å²) in [5.74, 6) is -0.701. The molecule has 1 unspecified atom stereocenters. The number of ether oxygens (including phenoxy) is 2. The third-order valence-electron chi connectivity index (χ3n) is 3.70. The van der Waals surface area contributed by atoms with E-state index in [0.717, 1.165) is 4.31 Å². The van der Waals surface area contributed by atoms with Gasteiger partial charge in [0.1, 0.15) is 17.5 Å². The van der Waals surface area contributed by atoms with Crippen molar-refractivity contribution >= 4 is 33.3 Å². The highest BCUT2D eigenvalue weighted by Crippen LogP contribution is 2.37. The van der Waals surface area contributed by atoms with Crippen LogP contribution in [0.3, 0.4) is 0 Å². The number of hydrogen-bond acceptors (Lipinski definition) is 5. The Balaban J connectivity index is 2.68. The number of halogens is 1. The minimum Gasteiger partial charge on any atom is -0.497 e. The average molecular weight is 400 g/mol. The standard InChI is InChI=1S/C17H18ClNO6S/c1-11(17(20)21)19(15-9-6-13(24-2)10-16(15)25-3)26(22,23)14-7-4-12(18)5-8-14/h4-11H,1-3H3,(H,20,21). The number of carboxylic acids is 1. The van der Waals surface area contributed by atoms with Gasteiger partial charge in [0, 0.05) is 11.1 Å². The van der Waals surface area contributed by atoms with Gasteiger partial charge < -0.3 is 14.6 Å². The molecule has 0 aliphatic heterocycles. The Morgan fingerprint density at radius 1 is 1.12 bits per heavy atom. The van der Waals surface area contributed by atoms with E-state index in [-0.39, 0.29) is 16.3 Å². The van der Waals surface area contributed by atoms with Crippen LogP contribution in [0.5, 0.6) is 11.5 Å². The molecule has 0 amide bonds. The zero-order chi connectivity index (χ0) is 19.5. The summed E-state index contributed by atoms with van der Waals surface area (Å²) in [6, 6.07) is 8.53. The Hall–Kier alpha value is -2.45. The number of sulfonamides is 1. The van der Waals surface area contributed by atoms with Crippen molar-refractivity contribution in [1.29, 1.82) is 0 Å². The summed E-state index contributed by atoms with van der Waals surface area (Å²) in [4.78, 5) is 11.5. The van der Waals surface area contributed by atoms with Crippen LogP contribution in [0.15, 0.2) is 47.4 Å². The van der Waals surface area contributed by atoms with Crippen LogP contribution in [0.1, 0.15) is 6.92 Å². The highest BCUT2D eigenvalue weighted by molar-refractivity contribution is 7.93. The van der Waals surface area contributed by atoms with Gasteiger partial charge in [0.15, 0.2) is 0 Å².